The van der Waals surface area contributed by atoms with Crippen LogP contribution in [-0.4, -0.2) is 36.4 Å². The van der Waals surface area contributed by atoms with Crippen LogP contribution >= 0.6 is 0 Å². The minimum absolute atomic E-state index is 0.264. The Morgan fingerprint density at radius 1 is 1.26 bits per heavy atom. The average Bonchev–Trinajstić information content (AvgIpc) is 2.96. The van der Waals surface area contributed by atoms with Gasteiger partial charge >= 0.3 is 0 Å². The molecule has 6 heteroatoms. The third-order valence-corrected chi connectivity index (χ3v) is 3.90. The van der Waals surface area contributed by atoms with Gasteiger partial charge in [0.15, 0.2) is 5.96 Å². The zero-order chi connectivity index (χ0) is 16.7. The lowest BCUT2D eigenvalue weighted by molar-refractivity contribution is 0.0575. The summed E-state index contributed by atoms with van der Waals surface area (Å²) in [6, 6.07) is 5.53. The fraction of sp³-hybridized carbons (Fsp3) is 0.588. The molecule has 1 aromatic rings. The Morgan fingerprint density at radius 2 is 1.96 bits per heavy atom. The molecule has 1 aromatic carbocycles. The van der Waals surface area contributed by atoms with E-state index in [9.17, 15) is 5.11 Å². The Hall–Kier alpha value is -1.95. The van der Waals surface area contributed by atoms with Gasteiger partial charge in [0, 0.05) is 6.07 Å². The summed E-state index contributed by atoms with van der Waals surface area (Å²) >= 11 is 0. The van der Waals surface area contributed by atoms with Crippen molar-refractivity contribution in [2.24, 2.45) is 10.7 Å². The van der Waals surface area contributed by atoms with Crippen LogP contribution in [0.25, 0.3) is 0 Å². The van der Waals surface area contributed by atoms with Crippen LogP contribution in [0.5, 0.6) is 11.5 Å². The van der Waals surface area contributed by atoms with Gasteiger partial charge in [-0.15, -0.1) is 0 Å². The maximum Gasteiger partial charge on any atom is 0.193 e. The first-order chi connectivity index (χ1) is 11.1. The lowest BCUT2D eigenvalue weighted by Crippen LogP contribution is -2.31. The predicted molar refractivity (Wildman–Crippen MR) is 92.3 cm³/mol. The van der Waals surface area contributed by atoms with Crippen molar-refractivity contribution < 1.29 is 14.6 Å². The third kappa shape index (κ3) is 5.03. The fourth-order valence-corrected chi connectivity index (χ4v) is 2.75. The molecule has 0 radical (unpaired) electrons. The zero-order valence-corrected chi connectivity index (χ0v) is 14.0. The molecule has 0 atom stereocenters. The number of nitrogens with zero attached hydrogens (tertiary/aromatic N) is 1. The topological polar surface area (TPSA) is 89.1 Å². The maximum atomic E-state index is 10.3. The van der Waals surface area contributed by atoms with Gasteiger partial charge in [-0.1, -0.05) is 12.8 Å². The number of aliphatic imine (C=N–C) groups is 1. The van der Waals surface area contributed by atoms with Gasteiger partial charge in [0.05, 0.1) is 31.0 Å². The molecule has 1 fully saturated rings. The highest BCUT2D eigenvalue weighted by Crippen LogP contribution is 2.31. The van der Waals surface area contributed by atoms with Gasteiger partial charge in [0.1, 0.15) is 11.5 Å². The van der Waals surface area contributed by atoms with Gasteiger partial charge < -0.3 is 25.6 Å². The predicted octanol–water partition coefficient (Wildman–Crippen LogP) is 2.52. The molecule has 0 bridgehead atoms. The number of ether oxygens (including phenoxy) is 2. The number of hydrogen-bond donors (Lipinski definition) is 3. The van der Waals surface area contributed by atoms with Crippen LogP contribution in [0.2, 0.25) is 0 Å². The quantitative estimate of drug-likeness (QED) is 0.530. The summed E-state index contributed by atoms with van der Waals surface area (Å²) in [5.74, 6) is 1.69. The van der Waals surface area contributed by atoms with Gasteiger partial charge in [-0.3, -0.25) is 4.99 Å². The standard InChI is InChI=1S/C17H27N3O3/c1-3-22-13-7-8-15(23-4-2)14(11-13)20-16(18)19-12-17(21)9-5-6-10-17/h7-8,11,21H,3-6,9-10,12H2,1-2H3,(H3,18,19,20). The van der Waals surface area contributed by atoms with Crippen molar-refractivity contribution >= 4 is 11.6 Å². The highest BCUT2D eigenvalue weighted by atomic mass is 16.5. The first-order valence-electron chi connectivity index (χ1n) is 8.25. The maximum absolute atomic E-state index is 10.3. The average molecular weight is 321 g/mol. The summed E-state index contributed by atoms with van der Waals surface area (Å²) in [4.78, 5) is 4.29. The van der Waals surface area contributed by atoms with Gasteiger partial charge in [-0.05, 0) is 38.8 Å². The molecule has 1 aliphatic rings. The normalized spacial score (nSPS) is 17.1. The molecular formula is C17H27N3O3. The van der Waals surface area contributed by atoms with Crippen LogP contribution in [0.4, 0.5) is 5.69 Å². The SMILES string of the molecule is CCOc1ccc(OCC)c(NC(N)=NCC2(O)CCCC2)c1. The number of rotatable bonds is 7. The Bertz CT molecular complexity index is 540. The number of hydrogen-bond acceptors (Lipinski definition) is 4. The molecule has 2 rings (SSSR count). The Balaban J connectivity index is 2.08. The third-order valence-electron chi connectivity index (χ3n) is 3.90. The van der Waals surface area contributed by atoms with Crippen LogP contribution in [0.3, 0.4) is 0 Å². The largest absolute Gasteiger partial charge is 0.494 e. The lowest BCUT2D eigenvalue weighted by Gasteiger charge is -2.20. The first-order valence-corrected chi connectivity index (χ1v) is 8.25. The van der Waals surface area contributed by atoms with E-state index in [0.717, 1.165) is 31.4 Å². The summed E-state index contributed by atoms with van der Waals surface area (Å²) in [7, 11) is 0. The molecule has 0 aromatic heterocycles. The van der Waals surface area contributed by atoms with E-state index in [1.165, 1.54) is 0 Å². The Kier molecular flexibility index (Phi) is 6.10. The second kappa shape index (κ2) is 8.06. The second-order valence-corrected chi connectivity index (χ2v) is 5.78. The van der Waals surface area contributed by atoms with E-state index < -0.39 is 5.60 Å². The van der Waals surface area contributed by atoms with Crippen LogP contribution < -0.4 is 20.5 Å². The second-order valence-electron chi connectivity index (χ2n) is 5.78. The van der Waals surface area contributed by atoms with Gasteiger partial charge in [-0.25, -0.2) is 0 Å². The van der Waals surface area contributed by atoms with Gasteiger partial charge in [-0.2, -0.15) is 0 Å². The molecule has 0 aliphatic heterocycles. The van der Waals surface area contributed by atoms with Gasteiger partial charge in [0.2, 0.25) is 0 Å². The first kappa shape index (κ1) is 17.4. The number of benzene rings is 1. The number of aliphatic hydroxyl groups is 1. The van der Waals surface area contributed by atoms with Crippen LogP contribution in [0, 0.1) is 0 Å². The Morgan fingerprint density at radius 3 is 2.61 bits per heavy atom. The van der Waals surface area contributed by atoms with Crippen LogP contribution in [-0.2, 0) is 0 Å². The van der Waals surface area contributed by atoms with E-state index in [1.807, 2.05) is 32.0 Å². The molecule has 128 valence electrons. The van der Waals surface area contributed by atoms with Crippen molar-refractivity contribution in [3.63, 3.8) is 0 Å². The molecular weight excluding hydrogens is 294 g/mol. The molecule has 6 nitrogen and oxygen atoms in total. The summed E-state index contributed by atoms with van der Waals surface area (Å²) in [5.41, 5.74) is 5.96. The number of anilines is 1. The van der Waals surface area contributed by atoms with E-state index >= 15 is 0 Å². The molecule has 0 amide bonds. The van der Waals surface area contributed by atoms with Crippen molar-refractivity contribution in [3.05, 3.63) is 18.2 Å². The highest BCUT2D eigenvalue weighted by molar-refractivity contribution is 5.94. The highest BCUT2D eigenvalue weighted by Gasteiger charge is 2.30. The van der Waals surface area contributed by atoms with Crippen molar-refractivity contribution in [2.45, 2.75) is 45.1 Å². The summed E-state index contributed by atoms with van der Waals surface area (Å²) in [6.45, 7) is 5.32. The number of nitrogens with two attached hydrogens (primary N) is 1. The zero-order valence-electron chi connectivity index (χ0n) is 14.0. The van der Waals surface area contributed by atoms with E-state index in [1.54, 1.807) is 0 Å². The minimum Gasteiger partial charge on any atom is -0.494 e. The molecule has 23 heavy (non-hydrogen) atoms. The molecule has 1 aliphatic carbocycles. The smallest absolute Gasteiger partial charge is 0.193 e. The lowest BCUT2D eigenvalue weighted by atomic mass is 10.0. The molecule has 4 N–H and O–H groups in total. The minimum atomic E-state index is -0.706. The van der Waals surface area contributed by atoms with Crippen molar-refractivity contribution in [2.75, 3.05) is 25.1 Å². The van der Waals surface area contributed by atoms with Gasteiger partial charge in [0.25, 0.3) is 0 Å². The molecule has 0 unspecified atom stereocenters. The van der Waals surface area contributed by atoms with Crippen molar-refractivity contribution in [3.8, 4) is 11.5 Å². The molecule has 0 heterocycles. The summed E-state index contributed by atoms with van der Waals surface area (Å²) in [5, 5.41) is 13.4. The van der Waals surface area contributed by atoms with Crippen LogP contribution in [0.1, 0.15) is 39.5 Å². The van der Waals surface area contributed by atoms with E-state index in [-0.39, 0.29) is 5.96 Å². The number of nitrogens with one attached hydrogen (secondary N) is 1. The van der Waals surface area contributed by atoms with Crippen molar-refractivity contribution in [1.29, 1.82) is 0 Å². The fourth-order valence-electron chi connectivity index (χ4n) is 2.75. The van der Waals surface area contributed by atoms with Crippen molar-refractivity contribution in [1.82, 2.24) is 0 Å². The monoisotopic (exact) mass is 321 g/mol. The molecule has 0 saturated heterocycles. The molecule has 0 spiro atoms. The Labute approximate surface area is 137 Å². The summed E-state index contributed by atoms with van der Waals surface area (Å²) < 4.78 is 11.1. The van der Waals surface area contributed by atoms with E-state index in [2.05, 4.69) is 10.3 Å². The molecule has 1 saturated carbocycles. The van der Waals surface area contributed by atoms with E-state index in [0.29, 0.717) is 31.2 Å². The number of guanidine groups is 1. The summed E-state index contributed by atoms with van der Waals surface area (Å²) in [6.07, 6.45) is 3.66. The van der Waals surface area contributed by atoms with Crippen LogP contribution in [0.15, 0.2) is 23.2 Å². The van der Waals surface area contributed by atoms with E-state index in [4.69, 9.17) is 15.2 Å².